The minimum atomic E-state index is -1.27. The smallest absolute Gasteiger partial charge is 0.325 e. The number of benzene rings is 1. The molecule has 1 fully saturated rings. The van der Waals surface area contributed by atoms with Crippen LogP contribution in [0, 0.1) is 6.92 Å². The molecule has 0 unspecified atom stereocenters. The molecule has 0 spiro atoms. The van der Waals surface area contributed by atoms with Gasteiger partial charge in [-0.05, 0) is 37.1 Å². The van der Waals surface area contributed by atoms with Gasteiger partial charge < -0.3 is 15.2 Å². The molecule has 1 heterocycles. The predicted molar refractivity (Wildman–Crippen MR) is 73.0 cm³/mol. The second-order valence-electron chi connectivity index (χ2n) is 5.02. The predicted octanol–water partition coefficient (Wildman–Crippen LogP) is 0.855. The molecule has 1 aliphatic rings. The third-order valence-electron chi connectivity index (χ3n) is 3.54. The van der Waals surface area contributed by atoms with Crippen molar-refractivity contribution < 1.29 is 24.2 Å². The normalized spacial score (nSPS) is 21.4. The van der Waals surface area contributed by atoms with Crippen molar-refractivity contribution in [3.8, 4) is 5.75 Å². The third-order valence-corrected chi connectivity index (χ3v) is 3.54. The number of amides is 3. The lowest BCUT2D eigenvalue weighted by molar-refractivity contribution is -0.142. The molecular weight excluding hydrogens is 276 g/mol. The molecule has 0 bridgehead atoms. The number of rotatable bonds is 4. The number of carbonyl (C=O) groups is 3. The summed E-state index contributed by atoms with van der Waals surface area (Å²) in [6.07, 6.45) is 0. The fourth-order valence-electron chi connectivity index (χ4n) is 2.36. The Morgan fingerprint density at radius 2 is 2.10 bits per heavy atom. The van der Waals surface area contributed by atoms with E-state index in [9.17, 15) is 14.4 Å². The van der Waals surface area contributed by atoms with Crippen molar-refractivity contribution in [3.63, 3.8) is 0 Å². The van der Waals surface area contributed by atoms with Crippen LogP contribution in [0.5, 0.6) is 5.75 Å². The summed E-state index contributed by atoms with van der Waals surface area (Å²) in [6.45, 7) is 2.72. The van der Waals surface area contributed by atoms with E-state index in [2.05, 4.69) is 5.32 Å². The number of carbonyl (C=O) groups excluding carboxylic acids is 2. The van der Waals surface area contributed by atoms with E-state index in [0.717, 1.165) is 5.56 Å². The number of nitrogens with one attached hydrogen (secondary N) is 1. The molecule has 1 aliphatic heterocycles. The Hall–Kier alpha value is -2.57. The lowest BCUT2D eigenvalue weighted by Crippen LogP contribution is -2.41. The van der Waals surface area contributed by atoms with Gasteiger partial charge in [-0.2, -0.15) is 0 Å². The Morgan fingerprint density at radius 1 is 1.43 bits per heavy atom. The van der Waals surface area contributed by atoms with Crippen LogP contribution in [0.3, 0.4) is 0 Å². The Balaban J connectivity index is 2.39. The molecule has 21 heavy (non-hydrogen) atoms. The number of aliphatic carboxylic acids is 1. The van der Waals surface area contributed by atoms with Gasteiger partial charge in [0.1, 0.15) is 17.8 Å². The highest BCUT2D eigenvalue weighted by molar-refractivity contribution is 6.08. The van der Waals surface area contributed by atoms with Crippen molar-refractivity contribution in [3.05, 3.63) is 29.3 Å². The number of ether oxygens (including phenoxy) is 1. The highest BCUT2D eigenvalue weighted by atomic mass is 16.5. The highest BCUT2D eigenvalue weighted by Gasteiger charge is 2.49. The standard InChI is InChI=1S/C14H16N2O5/c1-8-6-9(4-5-10(8)21-3)14(2)12(19)16(7-11(17)18)13(20)15-14/h4-6H,7H2,1-3H3,(H,15,20)(H,17,18)/t14-/m0/s1. The summed E-state index contributed by atoms with van der Waals surface area (Å²) in [5.41, 5.74) is 0.116. The minimum Gasteiger partial charge on any atom is -0.496 e. The zero-order valence-corrected chi connectivity index (χ0v) is 12.0. The molecule has 0 radical (unpaired) electrons. The second kappa shape index (κ2) is 5.08. The van der Waals surface area contributed by atoms with Gasteiger partial charge >= 0.3 is 12.0 Å². The van der Waals surface area contributed by atoms with Gasteiger partial charge in [0.25, 0.3) is 5.91 Å². The van der Waals surface area contributed by atoms with Crippen molar-refractivity contribution in [1.82, 2.24) is 10.2 Å². The molecule has 1 aromatic carbocycles. The van der Waals surface area contributed by atoms with Crippen molar-refractivity contribution in [2.24, 2.45) is 0 Å². The molecule has 7 heteroatoms. The van der Waals surface area contributed by atoms with Gasteiger partial charge in [-0.3, -0.25) is 14.5 Å². The number of carboxylic acids is 1. The van der Waals surface area contributed by atoms with Crippen molar-refractivity contribution in [2.75, 3.05) is 13.7 Å². The zero-order chi connectivity index (χ0) is 15.8. The molecule has 1 aromatic rings. The molecule has 1 atom stereocenters. The molecule has 0 aromatic heterocycles. The fourth-order valence-corrected chi connectivity index (χ4v) is 2.36. The number of methoxy groups -OCH3 is 1. The molecule has 7 nitrogen and oxygen atoms in total. The van der Waals surface area contributed by atoms with E-state index in [1.165, 1.54) is 0 Å². The molecule has 3 amide bonds. The summed E-state index contributed by atoms with van der Waals surface area (Å²) in [4.78, 5) is 35.6. The topological polar surface area (TPSA) is 95.9 Å². The minimum absolute atomic E-state index is 0.576. The first-order chi connectivity index (χ1) is 9.79. The third kappa shape index (κ3) is 2.42. The number of aryl methyl sites for hydroxylation is 1. The first-order valence-corrected chi connectivity index (χ1v) is 6.30. The van der Waals surface area contributed by atoms with E-state index >= 15 is 0 Å². The Morgan fingerprint density at radius 3 is 2.62 bits per heavy atom. The molecule has 112 valence electrons. The van der Waals surface area contributed by atoms with Gasteiger partial charge in [-0.25, -0.2) is 4.79 Å². The van der Waals surface area contributed by atoms with E-state index < -0.39 is 30.0 Å². The van der Waals surface area contributed by atoms with E-state index in [4.69, 9.17) is 9.84 Å². The second-order valence-corrected chi connectivity index (χ2v) is 5.02. The van der Waals surface area contributed by atoms with Gasteiger partial charge in [0.2, 0.25) is 0 Å². The lowest BCUT2D eigenvalue weighted by atomic mass is 9.90. The van der Waals surface area contributed by atoms with Crippen LogP contribution in [-0.4, -0.2) is 41.6 Å². The van der Waals surface area contributed by atoms with E-state index in [1.54, 1.807) is 32.2 Å². The zero-order valence-electron chi connectivity index (χ0n) is 12.0. The van der Waals surface area contributed by atoms with Gasteiger partial charge in [-0.1, -0.05) is 6.07 Å². The fraction of sp³-hybridized carbons (Fsp3) is 0.357. The quantitative estimate of drug-likeness (QED) is 0.802. The molecule has 1 saturated heterocycles. The van der Waals surface area contributed by atoms with Crippen LogP contribution in [0.15, 0.2) is 18.2 Å². The Labute approximate surface area is 121 Å². The summed E-state index contributed by atoms with van der Waals surface area (Å²) >= 11 is 0. The van der Waals surface area contributed by atoms with E-state index in [-0.39, 0.29) is 0 Å². The van der Waals surface area contributed by atoms with Gasteiger partial charge in [-0.15, -0.1) is 0 Å². The molecular formula is C14H16N2O5. The van der Waals surface area contributed by atoms with Crippen molar-refractivity contribution >= 4 is 17.9 Å². The molecule has 2 rings (SSSR count). The summed E-state index contributed by atoms with van der Waals surface area (Å²) in [6, 6.07) is 4.41. The summed E-state index contributed by atoms with van der Waals surface area (Å²) < 4.78 is 5.16. The largest absolute Gasteiger partial charge is 0.496 e. The summed E-state index contributed by atoms with van der Waals surface area (Å²) in [5.74, 6) is -1.16. The lowest BCUT2D eigenvalue weighted by Gasteiger charge is -2.23. The highest BCUT2D eigenvalue weighted by Crippen LogP contribution is 2.31. The number of imide groups is 1. The van der Waals surface area contributed by atoms with Crippen molar-refractivity contribution in [2.45, 2.75) is 19.4 Å². The summed E-state index contributed by atoms with van der Waals surface area (Å²) in [5, 5.41) is 11.3. The van der Waals surface area contributed by atoms with Gasteiger partial charge in [0, 0.05) is 0 Å². The van der Waals surface area contributed by atoms with Crippen molar-refractivity contribution in [1.29, 1.82) is 0 Å². The molecule has 2 N–H and O–H groups in total. The van der Waals surface area contributed by atoms with Crippen LogP contribution in [-0.2, 0) is 15.1 Å². The summed E-state index contributed by atoms with van der Waals surface area (Å²) in [7, 11) is 1.54. The van der Waals surface area contributed by atoms with Crippen LogP contribution in [0.1, 0.15) is 18.1 Å². The first kappa shape index (κ1) is 14.8. The first-order valence-electron chi connectivity index (χ1n) is 6.30. The SMILES string of the molecule is COc1ccc([C@]2(C)NC(=O)N(CC(=O)O)C2=O)cc1C. The number of urea groups is 1. The van der Waals surface area contributed by atoms with Crippen LogP contribution in [0.4, 0.5) is 4.79 Å². The average molecular weight is 292 g/mol. The number of carboxylic acid groups (broad SMARTS) is 1. The maximum absolute atomic E-state index is 12.4. The van der Waals surface area contributed by atoms with Crippen LogP contribution in [0.25, 0.3) is 0 Å². The Bertz CT molecular complexity index is 628. The molecule has 0 saturated carbocycles. The number of hydrogen-bond donors (Lipinski definition) is 2. The number of nitrogens with zero attached hydrogens (tertiary/aromatic N) is 1. The maximum Gasteiger partial charge on any atom is 0.325 e. The van der Waals surface area contributed by atoms with Gasteiger partial charge in [0.05, 0.1) is 7.11 Å². The van der Waals surface area contributed by atoms with Crippen LogP contribution >= 0.6 is 0 Å². The van der Waals surface area contributed by atoms with Gasteiger partial charge in [0.15, 0.2) is 0 Å². The van der Waals surface area contributed by atoms with Crippen LogP contribution < -0.4 is 10.1 Å². The van der Waals surface area contributed by atoms with E-state index in [0.29, 0.717) is 16.2 Å². The number of hydrogen-bond acceptors (Lipinski definition) is 4. The molecule has 0 aliphatic carbocycles. The maximum atomic E-state index is 12.4. The van der Waals surface area contributed by atoms with Crippen LogP contribution in [0.2, 0.25) is 0 Å². The Kier molecular flexibility index (Phi) is 3.59. The monoisotopic (exact) mass is 292 g/mol. The average Bonchev–Trinajstić information content (AvgIpc) is 2.63. The van der Waals surface area contributed by atoms with E-state index in [1.807, 2.05) is 6.92 Å².